The zero-order valence-electron chi connectivity index (χ0n) is 16.3. The number of carbonyl (C=O) groups is 3. The quantitative estimate of drug-likeness (QED) is 0.259. The Labute approximate surface area is 178 Å². The van der Waals surface area contributed by atoms with Crippen LogP contribution in [-0.4, -0.2) is 37.1 Å². The molecule has 0 aromatic heterocycles. The summed E-state index contributed by atoms with van der Waals surface area (Å²) in [4.78, 5) is 34.8. The van der Waals surface area contributed by atoms with Crippen LogP contribution in [0.15, 0.2) is 60.2 Å². The van der Waals surface area contributed by atoms with E-state index in [0.29, 0.717) is 22.0 Å². The average molecular weight is 429 g/mol. The number of benzene rings is 2. The summed E-state index contributed by atoms with van der Waals surface area (Å²) >= 11 is 6.03. The zero-order valence-corrected chi connectivity index (χ0v) is 17.0. The summed E-state index contributed by atoms with van der Waals surface area (Å²) in [7, 11) is 0. The van der Waals surface area contributed by atoms with Crippen molar-refractivity contribution in [2.75, 3.05) is 18.5 Å². The van der Waals surface area contributed by atoms with Crippen LogP contribution in [0, 0.1) is 6.92 Å². The van der Waals surface area contributed by atoms with Crippen molar-refractivity contribution in [2.45, 2.75) is 6.92 Å². The maximum atomic E-state index is 12.0. The van der Waals surface area contributed by atoms with Gasteiger partial charge in [0.25, 0.3) is 5.91 Å². The van der Waals surface area contributed by atoms with Crippen molar-refractivity contribution in [3.63, 3.8) is 0 Å². The number of carbonyl (C=O) groups excluding carboxylic acids is 3. The molecule has 0 bridgehead atoms. The van der Waals surface area contributed by atoms with Crippen LogP contribution < -0.4 is 20.8 Å². The maximum absolute atomic E-state index is 12.0. The third-order valence-corrected chi connectivity index (χ3v) is 4.11. The van der Waals surface area contributed by atoms with Gasteiger partial charge >= 0.3 is 11.8 Å². The van der Waals surface area contributed by atoms with Gasteiger partial charge in [0.1, 0.15) is 5.75 Å². The number of nitrogens with one attached hydrogen (secondary N) is 3. The molecule has 30 heavy (non-hydrogen) atoms. The summed E-state index contributed by atoms with van der Waals surface area (Å²) in [6.07, 6.45) is 2.83. The summed E-state index contributed by atoms with van der Waals surface area (Å²) in [6, 6.07) is 11.9. The van der Waals surface area contributed by atoms with Crippen LogP contribution in [0.2, 0.25) is 5.02 Å². The summed E-state index contributed by atoms with van der Waals surface area (Å²) in [6.45, 7) is 5.33. The van der Waals surface area contributed by atoms with Crippen LogP contribution in [-0.2, 0) is 14.4 Å². The van der Waals surface area contributed by atoms with Crippen LogP contribution in [0.3, 0.4) is 0 Å². The first-order chi connectivity index (χ1) is 14.4. The third kappa shape index (κ3) is 7.40. The van der Waals surface area contributed by atoms with Crippen LogP contribution >= 0.6 is 11.6 Å². The fourth-order valence-corrected chi connectivity index (χ4v) is 2.31. The predicted octanol–water partition coefficient (Wildman–Crippen LogP) is 2.42. The third-order valence-electron chi connectivity index (χ3n) is 3.70. The highest BCUT2D eigenvalue weighted by Crippen LogP contribution is 2.20. The number of hydrazone groups is 1. The highest BCUT2D eigenvalue weighted by atomic mass is 35.5. The van der Waals surface area contributed by atoms with Crippen LogP contribution in [0.4, 0.5) is 5.69 Å². The molecule has 0 radical (unpaired) electrons. The van der Waals surface area contributed by atoms with Crippen molar-refractivity contribution < 1.29 is 19.1 Å². The minimum atomic E-state index is -0.881. The number of anilines is 1. The molecule has 8 nitrogen and oxygen atoms in total. The van der Waals surface area contributed by atoms with Gasteiger partial charge in [-0.05, 0) is 54.4 Å². The van der Waals surface area contributed by atoms with Gasteiger partial charge in [0.15, 0.2) is 6.61 Å². The highest BCUT2D eigenvalue weighted by Gasteiger charge is 2.10. The first kappa shape index (κ1) is 22.6. The number of ether oxygens (including phenoxy) is 1. The van der Waals surface area contributed by atoms with Gasteiger partial charge in [-0.1, -0.05) is 23.7 Å². The zero-order chi connectivity index (χ0) is 21.9. The molecule has 0 fully saturated rings. The fraction of sp³-hybridized carbons (Fsp3) is 0.143. The first-order valence-corrected chi connectivity index (χ1v) is 9.28. The lowest BCUT2D eigenvalue weighted by Gasteiger charge is -2.08. The highest BCUT2D eigenvalue weighted by molar-refractivity contribution is 6.35. The maximum Gasteiger partial charge on any atom is 0.329 e. The number of amides is 3. The molecule has 2 rings (SSSR count). The second kappa shape index (κ2) is 11.4. The minimum Gasteiger partial charge on any atom is -0.484 e. The Morgan fingerprint density at radius 1 is 1.13 bits per heavy atom. The van der Waals surface area contributed by atoms with Crippen molar-refractivity contribution in [3.05, 3.63) is 71.3 Å². The lowest BCUT2D eigenvalue weighted by molar-refractivity contribution is -0.139. The average Bonchev–Trinajstić information content (AvgIpc) is 2.74. The molecule has 2 aromatic carbocycles. The van der Waals surface area contributed by atoms with Gasteiger partial charge in [-0.25, -0.2) is 5.43 Å². The summed E-state index contributed by atoms with van der Waals surface area (Å²) in [5.41, 5.74) is 4.29. The molecule has 0 spiro atoms. The molecule has 3 N–H and O–H groups in total. The SMILES string of the molecule is C=CCNC(=O)C(=O)N/N=C\c1ccc(OCC(=O)Nc2ccc(C)c(Cl)c2)cc1. The molecule has 0 aliphatic rings. The van der Waals surface area contributed by atoms with Gasteiger partial charge < -0.3 is 15.4 Å². The van der Waals surface area contributed by atoms with Crippen molar-refractivity contribution in [1.82, 2.24) is 10.7 Å². The van der Waals surface area contributed by atoms with Crippen LogP contribution in [0.25, 0.3) is 0 Å². The number of nitrogens with zero attached hydrogens (tertiary/aromatic N) is 1. The predicted molar refractivity (Wildman–Crippen MR) is 116 cm³/mol. The number of hydrogen-bond acceptors (Lipinski definition) is 5. The molecule has 0 aliphatic heterocycles. The molecule has 156 valence electrons. The lowest BCUT2D eigenvalue weighted by Crippen LogP contribution is -2.37. The monoisotopic (exact) mass is 428 g/mol. The Morgan fingerprint density at radius 2 is 1.87 bits per heavy atom. The molecule has 2 aromatic rings. The normalized spacial score (nSPS) is 10.3. The van der Waals surface area contributed by atoms with E-state index < -0.39 is 11.8 Å². The molecule has 0 aliphatic carbocycles. The van der Waals surface area contributed by atoms with Gasteiger partial charge in [0, 0.05) is 17.3 Å². The Bertz CT molecular complexity index is 958. The van der Waals surface area contributed by atoms with Crippen molar-refractivity contribution in [1.29, 1.82) is 0 Å². The summed E-state index contributed by atoms with van der Waals surface area (Å²) < 4.78 is 5.44. The molecule has 0 unspecified atom stereocenters. The smallest absolute Gasteiger partial charge is 0.329 e. The molecular weight excluding hydrogens is 408 g/mol. The Morgan fingerprint density at radius 3 is 2.53 bits per heavy atom. The molecule has 0 saturated carbocycles. The molecule has 0 atom stereocenters. The van der Waals surface area contributed by atoms with Crippen molar-refractivity contribution in [2.24, 2.45) is 5.10 Å². The number of hydrogen-bond donors (Lipinski definition) is 3. The van der Waals surface area contributed by atoms with Crippen molar-refractivity contribution >= 4 is 41.2 Å². The lowest BCUT2D eigenvalue weighted by atomic mass is 10.2. The van der Waals surface area contributed by atoms with E-state index in [1.165, 1.54) is 12.3 Å². The van der Waals surface area contributed by atoms with Crippen LogP contribution in [0.5, 0.6) is 5.75 Å². The Kier molecular flexibility index (Phi) is 8.58. The van der Waals surface area contributed by atoms with E-state index in [1.807, 2.05) is 13.0 Å². The number of aryl methyl sites for hydroxylation is 1. The van der Waals surface area contributed by atoms with E-state index >= 15 is 0 Å². The largest absolute Gasteiger partial charge is 0.484 e. The first-order valence-electron chi connectivity index (χ1n) is 8.90. The van der Waals surface area contributed by atoms with E-state index in [2.05, 4.69) is 27.7 Å². The van der Waals surface area contributed by atoms with Gasteiger partial charge in [-0.3, -0.25) is 14.4 Å². The van der Waals surface area contributed by atoms with Gasteiger partial charge in [-0.2, -0.15) is 5.10 Å². The van der Waals surface area contributed by atoms with Gasteiger partial charge in [0.2, 0.25) is 0 Å². The second-order valence-corrected chi connectivity index (χ2v) is 6.47. The van der Waals surface area contributed by atoms with E-state index in [1.54, 1.807) is 36.4 Å². The summed E-state index contributed by atoms with van der Waals surface area (Å²) in [5, 5.41) is 9.31. The van der Waals surface area contributed by atoms with E-state index in [-0.39, 0.29) is 19.1 Å². The molecule has 0 saturated heterocycles. The number of halogens is 1. The van der Waals surface area contributed by atoms with E-state index in [9.17, 15) is 14.4 Å². The standard InChI is InChI=1S/C21H21ClN4O4/c1-3-10-23-20(28)21(29)26-24-12-15-5-8-17(9-6-15)30-13-19(27)25-16-7-4-14(2)18(22)11-16/h3-9,11-12H,1,10,13H2,2H3,(H,23,28)(H,25,27)(H,26,29)/b24-12-. The van der Waals surface area contributed by atoms with E-state index in [0.717, 1.165) is 5.56 Å². The number of rotatable bonds is 8. The summed E-state index contributed by atoms with van der Waals surface area (Å²) in [5.74, 6) is -1.52. The van der Waals surface area contributed by atoms with Gasteiger partial charge in [0.05, 0.1) is 6.21 Å². The Hall–Kier alpha value is -3.65. The topological polar surface area (TPSA) is 109 Å². The van der Waals surface area contributed by atoms with Gasteiger partial charge in [-0.15, -0.1) is 6.58 Å². The van der Waals surface area contributed by atoms with Crippen LogP contribution in [0.1, 0.15) is 11.1 Å². The molecule has 0 heterocycles. The minimum absolute atomic E-state index is 0.172. The fourth-order valence-electron chi connectivity index (χ4n) is 2.13. The second-order valence-electron chi connectivity index (χ2n) is 6.07. The Balaban J connectivity index is 1.79. The van der Waals surface area contributed by atoms with Crippen molar-refractivity contribution in [3.8, 4) is 5.75 Å². The molecular formula is C21H21ClN4O4. The molecule has 3 amide bonds. The van der Waals surface area contributed by atoms with E-state index in [4.69, 9.17) is 16.3 Å². The molecule has 9 heteroatoms.